The third kappa shape index (κ3) is 4.89. The lowest BCUT2D eigenvalue weighted by Crippen LogP contribution is -2.41. The summed E-state index contributed by atoms with van der Waals surface area (Å²) in [7, 11) is -0.713. The summed E-state index contributed by atoms with van der Waals surface area (Å²) in [5.74, 6) is -0.900. The van der Waals surface area contributed by atoms with E-state index in [0.717, 1.165) is 4.31 Å². The summed E-state index contributed by atoms with van der Waals surface area (Å²) in [5.41, 5.74) is 0. The number of anilines is 1. The van der Waals surface area contributed by atoms with Crippen LogP contribution in [0.2, 0.25) is 0 Å². The van der Waals surface area contributed by atoms with Crippen molar-refractivity contribution in [3.63, 3.8) is 0 Å². The van der Waals surface area contributed by atoms with E-state index < -0.39 is 22.0 Å². The predicted molar refractivity (Wildman–Crippen MR) is 90.6 cm³/mol. The fourth-order valence-electron chi connectivity index (χ4n) is 2.64. The zero-order valence-corrected chi connectivity index (χ0v) is 14.9. The van der Waals surface area contributed by atoms with Crippen LogP contribution >= 0.6 is 0 Å². The van der Waals surface area contributed by atoms with Crippen LogP contribution in [0, 0.1) is 5.92 Å². The molecule has 1 aliphatic carbocycles. The molecule has 0 atom stereocenters. The maximum absolute atomic E-state index is 12.0. The molecule has 2 rings (SSSR count). The number of rotatable bonds is 5. The highest BCUT2D eigenvalue weighted by atomic mass is 32.2. The number of carboxylic acids is 1. The first-order chi connectivity index (χ1) is 11.7. The monoisotopic (exact) mass is 370 g/mol. The van der Waals surface area contributed by atoms with Crippen molar-refractivity contribution < 1.29 is 23.1 Å². The Kier molecular flexibility index (Phi) is 5.96. The SMILES string of the molecule is CN(C)S(=O)(=O)c1ccc(NC(=O)NC2CCC(C(=O)O)CC2)nc1. The van der Waals surface area contributed by atoms with Gasteiger partial charge in [-0.2, -0.15) is 0 Å². The molecule has 1 heterocycles. The summed E-state index contributed by atoms with van der Waals surface area (Å²) in [4.78, 5) is 26.9. The molecule has 0 unspecified atom stereocenters. The third-order valence-corrected chi connectivity index (χ3v) is 5.97. The highest BCUT2D eigenvalue weighted by Gasteiger charge is 2.26. The number of hydrogen-bond acceptors (Lipinski definition) is 5. The van der Waals surface area contributed by atoms with Crippen LogP contribution in [-0.4, -0.2) is 55.0 Å². The van der Waals surface area contributed by atoms with Gasteiger partial charge in [0.15, 0.2) is 0 Å². The van der Waals surface area contributed by atoms with Gasteiger partial charge >= 0.3 is 12.0 Å². The number of nitrogens with one attached hydrogen (secondary N) is 2. The molecule has 0 aromatic carbocycles. The second-order valence-electron chi connectivity index (χ2n) is 6.15. The van der Waals surface area contributed by atoms with E-state index in [1.807, 2.05) is 0 Å². The Balaban J connectivity index is 1.88. The molecular formula is C15H22N4O5S. The molecule has 1 aromatic rings. The van der Waals surface area contributed by atoms with E-state index in [0.29, 0.717) is 25.7 Å². The number of urea groups is 1. The lowest BCUT2D eigenvalue weighted by molar-refractivity contribution is -0.142. The Morgan fingerprint density at radius 3 is 2.32 bits per heavy atom. The van der Waals surface area contributed by atoms with Crippen LogP contribution in [0.15, 0.2) is 23.2 Å². The summed E-state index contributed by atoms with van der Waals surface area (Å²) in [6, 6.07) is 2.26. The maximum atomic E-state index is 12.0. The number of pyridine rings is 1. The Labute approximate surface area is 146 Å². The van der Waals surface area contributed by atoms with Crippen LogP contribution in [0.1, 0.15) is 25.7 Å². The van der Waals surface area contributed by atoms with Gasteiger partial charge in [0.25, 0.3) is 0 Å². The number of nitrogens with zero attached hydrogens (tertiary/aromatic N) is 2. The number of aromatic nitrogens is 1. The van der Waals surface area contributed by atoms with E-state index in [4.69, 9.17) is 5.11 Å². The number of sulfonamides is 1. The van der Waals surface area contributed by atoms with Gasteiger partial charge < -0.3 is 10.4 Å². The minimum Gasteiger partial charge on any atom is -0.481 e. The van der Waals surface area contributed by atoms with Gasteiger partial charge in [0, 0.05) is 26.3 Å². The summed E-state index contributed by atoms with van der Waals surface area (Å²) in [6.07, 6.45) is 3.48. The van der Waals surface area contributed by atoms with E-state index in [9.17, 15) is 18.0 Å². The van der Waals surface area contributed by atoms with Gasteiger partial charge in [-0.25, -0.2) is 22.5 Å². The Morgan fingerprint density at radius 1 is 1.20 bits per heavy atom. The number of carbonyl (C=O) groups is 2. The molecule has 9 nitrogen and oxygen atoms in total. The van der Waals surface area contributed by atoms with Crippen LogP contribution in [-0.2, 0) is 14.8 Å². The van der Waals surface area contributed by atoms with Gasteiger partial charge in [-0.1, -0.05) is 0 Å². The molecule has 1 aliphatic rings. The second kappa shape index (κ2) is 7.79. The Bertz CT molecular complexity index is 725. The highest BCUT2D eigenvalue weighted by Crippen LogP contribution is 2.24. The fraction of sp³-hybridized carbons (Fsp3) is 0.533. The Morgan fingerprint density at radius 2 is 1.84 bits per heavy atom. The van der Waals surface area contributed by atoms with Crippen LogP contribution in [0.4, 0.5) is 10.6 Å². The molecule has 25 heavy (non-hydrogen) atoms. The van der Waals surface area contributed by atoms with Gasteiger partial charge in [0.1, 0.15) is 10.7 Å². The number of carboxylic acid groups (broad SMARTS) is 1. The smallest absolute Gasteiger partial charge is 0.320 e. The van der Waals surface area contributed by atoms with Crippen LogP contribution < -0.4 is 10.6 Å². The second-order valence-corrected chi connectivity index (χ2v) is 8.30. The molecule has 138 valence electrons. The van der Waals surface area contributed by atoms with E-state index in [-0.39, 0.29) is 22.7 Å². The normalized spacial score (nSPS) is 20.9. The quantitative estimate of drug-likeness (QED) is 0.712. The van der Waals surface area contributed by atoms with Crippen LogP contribution in [0.25, 0.3) is 0 Å². The molecule has 0 aliphatic heterocycles. The van der Waals surface area contributed by atoms with Gasteiger partial charge in [-0.15, -0.1) is 0 Å². The first-order valence-corrected chi connectivity index (χ1v) is 9.33. The number of hydrogen-bond donors (Lipinski definition) is 3. The number of aliphatic carboxylic acids is 1. The largest absolute Gasteiger partial charge is 0.481 e. The highest BCUT2D eigenvalue weighted by molar-refractivity contribution is 7.89. The molecule has 1 aromatic heterocycles. The molecule has 0 radical (unpaired) electrons. The predicted octanol–water partition coefficient (Wildman–Crippen LogP) is 1.10. The van der Waals surface area contributed by atoms with E-state index in [1.165, 1.54) is 32.4 Å². The van der Waals surface area contributed by atoms with Crippen LogP contribution in [0.5, 0.6) is 0 Å². The van der Waals surface area contributed by atoms with Crippen molar-refractivity contribution >= 4 is 27.8 Å². The molecule has 3 N–H and O–H groups in total. The van der Waals surface area contributed by atoms with Crippen LogP contribution in [0.3, 0.4) is 0 Å². The Hall–Kier alpha value is -2.20. The maximum Gasteiger partial charge on any atom is 0.320 e. The lowest BCUT2D eigenvalue weighted by Gasteiger charge is -2.26. The minimum absolute atomic E-state index is 0.0375. The molecule has 10 heteroatoms. The van der Waals surface area contributed by atoms with Crippen molar-refractivity contribution in [2.75, 3.05) is 19.4 Å². The molecule has 1 saturated carbocycles. The zero-order chi connectivity index (χ0) is 18.6. The number of carbonyl (C=O) groups excluding carboxylic acids is 1. The van der Waals surface area contributed by atoms with Crippen molar-refractivity contribution in [2.45, 2.75) is 36.6 Å². The van der Waals surface area contributed by atoms with Crippen molar-refractivity contribution in [3.05, 3.63) is 18.3 Å². The van der Waals surface area contributed by atoms with E-state index in [2.05, 4.69) is 15.6 Å². The van der Waals surface area contributed by atoms with Crippen molar-refractivity contribution in [1.29, 1.82) is 0 Å². The molecule has 2 amide bonds. The van der Waals surface area contributed by atoms with Gasteiger partial charge in [-0.05, 0) is 37.8 Å². The first-order valence-electron chi connectivity index (χ1n) is 7.89. The third-order valence-electron chi connectivity index (χ3n) is 4.17. The summed E-state index contributed by atoms with van der Waals surface area (Å²) < 4.78 is 25.0. The topological polar surface area (TPSA) is 129 Å². The van der Waals surface area contributed by atoms with Gasteiger partial charge in [0.05, 0.1) is 5.92 Å². The standard InChI is InChI=1S/C15H22N4O5S/c1-19(2)25(23,24)12-7-8-13(16-9-12)18-15(22)17-11-5-3-10(4-6-11)14(20)21/h7-11H,3-6H2,1-2H3,(H,20,21)(H2,16,17,18,22). The summed E-state index contributed by atoms with van der Waals surface area (Å²) >= 11 is 0. The molecule has 0 bridgehead atoms. The molecule has 0 saturated heterocycles. The van der Waals surface area contributed by atoms with E-state index in [1.54, 1.807) is 0 Å². The van der Waals surface area contributed by atoms with Crippen molar-refractivity contribution in [1.82, 2.24) is 14.6 Å². The van der Waals surface area contributed by atoms with Gasteiger partial charge in [0.2, 0.25) is 10.0 Å². The van der Waals surface area contributed by atoms with E-state index >= 15 is 0 Å². The molecule has 0 spiro atoms. The zero-order valence-electron chi connectivity index (χ0n) is 14.1. The summed E-state index contributed by atoms with van der Waals surface area (Å²) in [6.45, 7) is 0. The lowest BCUT2D eigenvalue weighted by atomic mass is 9.86. The van der Waals surface area contributed by atoms with Gasteiger partial charge in [-0.3, -0.25) is 10.1 Å². The number of amides is 2. The fourth-order valence-corrected chi connectivity index (χ4v) is 3.49. The molecule has 1 fully saturated rings. The average molecular weight is 370 g/mol. The first kappa shape index (κ1) is 19.1. The average Bonchev–Trinajstić information content (AvgIpc) is 2.55. The van der Waals surface area contributed by atoms with Crippen molar-refractivity contribution in [2.24, 2.45) is 5.92 Å². The van der Waals surface area contributed by atoms with Crippen molar-refractivity contribution in [3.8, 4) is 0 Å². The molecular weight excluding hydrogens is 348 g/mol. The minimum atomic E-state index is -3.56. The summed E-state index contributed by atoms with van der Waals surface area (Å²) in [5, 5.41) is 14.3.